The number of hydrogen-bond donors (Lipinski definition) is 2. The van der Waals surface area contributed by atoms with Crippen LogP contribution in [0.1, 0.15) is 39.6 Å². The molecule has 0 saturated heterocycles. The molecule has 2 aromatic heterocycles. The fraction of sp³-hybridized carbons (Fsp3) is 0.375. The highest BCUT2D eigenvalue weighted by Gasteiger charge is 2.22. The van der Waals surface area contributed by atoms with Crippen molar-refractivity contribution in [2.75, 3.05) is 0 Å². The van der Waals surface area contributed by atoms with Crippen molar-refractivity contribution < 1.29 is 18.5 Å². The average Bonchev–Trinajstić information content (AvgIpc) is 3.09. The molecule has 0 bridgehead atoms. The number of aromatic nitrogens is 3. The van der Waals surface area contributed by atoms with E-state index in [1.54, 1.807) is 45.9 Å². The van der Waals surface area contributed by atoms with Gasteiger partial charge in [-0.3, -0.25) is 4.98 Å². The van der Waals surface area contributed by atoms with Crippen LogP contribution in [0.3, 0.4) is 0 Å². The number of benzene rings is 1. The lowest BCUT2D eigenvalue weighted by molar-refractivity contribution is 0.0505. The molecule has 132 valence electrons. The Morgan fingerprint density at radius 1 is 1.36 bits per heavy atom. The minimum absolute atomic E-state index is 0.204. The summed E-state index contributed by atoms with van der Waals surface area (Å²) in [4.78, 5) is 30.1. The summed E-state index contributed by atoms with van der Waals surface area (Å²) in [5.74, 6) is -0.0821. The van der Waals surface area contributed by atoms with Crippen LogP contribution in [0.2, 0.25) is 0 Å². The number of nitrogens with one attached hydrogen (secondary N) is 2. The molecule has 1 amide bonds. The SMILES string of the molecule is CC(NC(=O)OC(C)(C)C)c1noc(-c2cccc3oc(=O)[nH]c23)n1. The van der Waals surface area contributed by atoms with Crippen LogP contribution in [0, 0.1) is 0 Å². The van der Waals surface area contributed by atoms with Crippen molar-refractivity contribution in [1.29, 1.82) is 0 Å². The quantitative estimate of drug-likeness (QED) is 0.747. The lowest BCUT2D eigenvalue weighted by Gasteiger charge is -2.20. The van der Waals surface area contributed by atoms with Crippen LogP contribution in [0.4, 0.5) is 4.79 Å². The Bertz CT molecular complexity index is 963. The zero-order valence-corrected chi connectivity index (χ0v) is 14.2. The van der Waals surface area contributed by atoms with Crippen LogP contribution >= 0.6 is 0 Å². The standard InChI is InChI=1S/C16H18N4O5/c1-8(17-15(22)24-16(2,3)4)12-19-13(25-20-12)9-6-5-7-10-11(9)18-14(21)23-10/h5-8H,1-4H3,(H,17,22)(H,18,21). The highest BCUT2D eigenvalue weighted by molar-refractivity contribution is 5.87. The van der Waals surface area contributed by atoms with Gasteiger partial charge in [0.25, 0.3) is 5.89 Å². The molecule has 1 atom stereocenters. The summed E-state index contributed by atoms with van der Waals surface area (Å²) in [7, 11) is 0. The van der Waals surface area contributed by atoms with Crippen LogP contribution in [0.5, 0.6) is 0 Å². The van der Waals surface area contributed by atoms with Crippen molar-refractivity contribution in [1.82, 2.24) is 20.4 Å². The number of hydrogen-bond acceptors (Lipinski definition) is 7. The van der Waals surface area contributed by atoms with E-state index >= 15 is 0 Å². The molecule has 2 N–H and O–H groups in total. The summed E-state index contributed by atoms with van der Waals surface area (Å²) in [5.41, 5.74) is 0.791. The average molecular weight is 346 g/mol. The van der Waals surface area contributed by atoms with E-state index < -0.39 is 23.5 Å². The van der Waals surface area contributed by atoms with Gasteiger partial charge in [-0.2, -0.15) is 4.98 Å². The van der Waals surface area contributed by atoms with E-state index in [-0.39, 0.29) is 11.7 Å². The van der Waals surface area contributed by atoms with Gasteiger partial charge in [-0.1, -0.05) is 11.2 Å². The van der Waals surface area contributed by atoms with E-state index in [2.05, 4.69) is 20.4 Å². The molecule has 0 radical (unpaired) electrons. The van der Waals surface area contributed by atoms with Gasteiger partial charge in [-0.15, -0.1) is 0 Å². The van der Waals surface area contributed by atoms with E-state index in [9.17, 15) is 9.59 Å². The molecule has 1 aromatic carbocycles. The van der Waals surface area contributed by atoms with E-state index in [1.165, 1.54) is 0 Å². The zero-order valence-electron chi connectivity index (χ0n) is 14.2. The molecule has 0 spiro atoms. The number of ether oxygens (including phenoxy) is 1. The molecule has 0 aliphatic heterocycles. The van der Waals surface area contributed by atoms with Crippen molar-refractivity contribution in [2.24, 2.45) is 0 Å². The fourth-order valence-electron chi connectivity index (χ4n) is 2.22. The summed E-state index contributed by atoms with van der Waals surface area (Å²) in [6.07, 6.45) is -0.576. The summed E-state index contributed by atoms with van der Waals surface area (Å²) in [5, 5.41) is 6.51. The predicted molar refractivity (Wildman–Crippen MR) is 87.9 cm³/mol. The highest BCUT2D eigenvalue weighted by atomic mass is 16.6. The fourth-order valence-corrected chi connectivity index (χ4v) is 2.22. The number of carbonyl (C=O) groups excluding carboxylic acids is 1. The number of carbonyl (C=O) groups is 1. The first-order valence-electron chi connectivity index (χ1n) is 7.68. The van der Waals surface area contributed by atoms with Gasteiger partial charge in [0.2, 0.25) is 0 Å². The van der Waals surface area contributed by atoms with Gasteiger partial charge >= 0.3 is 11.8 Å². The summed E-state index contributed by atoms with van der Waals surface area (Å²) in [6, 6.07) is 4.56. The maximum absolute atomic E-state index is 11.8. The molecule has 9 nitrogen and oxygen atoms in total. The number of nitrogens with zero attached hydrogens (tertiary/aromatic N) is 2. The molecular weight excluding hydrogens is 328 g/mol. The topological polar surface area (TPSA) is 123 Å². The number of amides is 1. The predicted octanol–water partition coefficient (Wildman–Crippen LogP) is 2.76. The van der Waals surface area contributed by atoms with Crippen molar-refractivity contribution >= 4 is 17.2 Å². The normalized spacial score (nSPS) is 13.0. The van der Waals surface area contributed by atoms with Gasteiger partial charge in [0, 0.05) is 0 Å². The molecule has 9 heteroatoms. The second-order valence-electron chi connectivity index (χ2n) is 6.52. The zero-order chi connectivity index (χ0) is 18.2. The highest BCUT2D eigenvalue weighted by Crippen LogP contribution is 2.26. The molecule has 3 aromatic rings. The van der Waals surface area contributed by atoms with E-state index in [0.29, 0.717) is 16.7 Å². The van der Waals surface area contributed by atoms with Gasteiger partial charge in [-0.25, -0.2) is 9.59 Å². The second-order valence-corrected chi connectivity index (χ2v) is 6.52. The molecule has 3 rings (SSSR count). The molecule has 1 unspecified atom stereocenters. The third-order valence-corrected chi connectivity index (χ3v) is 3.25. The minimum atomic E-state index is -0.602. The molecule has 2 heterocycles. The number of rotatable bonds is 3. The second kappa shape index (κ2) is 6.08. The summed E-state index contributed by atoms with van der Waals surface area (Å²) in [6.45, 7) is 7.03. The molecular formula is C16H18N4O5. The van der Waals surface area contributed by atoms with Crippen molar-refractivity contribution in [3.8, 4) is 11.5 Å². The third-order valence-electron chi connectivity index (χ3n) is 3.25. The smallest absolute Gasteiger partial charge is 0.417 e. The summed E-state index contributed by atoms with van der Waals surface area (Å²) < 4.78 is 15.5. The van der Waals surface area contributed by atoms with Gasteiger partial charge in [-0.05, 0) is 39.8 Å². The Morgan fingerprint density at radius 3 is 2.84 bits per heavy atom. The van der Waals surface area contributed by atoms with Gasteiger partial charge in [0.15, 0.2) is 11.4 Å². The number of alkyl carbamates (subject to hydrolysis) is 1. The number of oxazole rings is 1. The molecule has 0 saturated carbocycles. The Labute approximate surface area is 142 Å². The summed E-state index contributed by atoms with van der Waals surface area (Å²) >= 11 is 0. The Balaban J connectivity index is 1.82. The van der Waals surface area contributed by atoms with Crippen molar-refractivity contribution in [2.45, 2.75) is 39.3 Å². The molecule has 25 heavy (non-hydrogen) atoms. The minimum Gasteiger partial charge on any atom is -0.444 e. The van der Waals surface area contributed by atoms with Crippen molar-refractivity contribution in [3.63, 3.8) is 0 Å². The Morgan fingerprint density at radius 2 is 2.12 bits per heavy atom. The maximum Gasteiger partial charge on any atom is 0.417 e. The lowest BCUT2D eigenvalue weighted by Crippen LogP contribution is -2.34. The first kappa shape index (κ1) is 16.7. The van der Waals surface area contributed by atoms with E-state index in [4.69, 9.17) is 13.7 Å². The number of para-hydroxylation sites is 1. The first-order chi connectivity index (χ1) is 11.7. The van der Waals surface area contributed by atoms with E-state index in [1.807, 2.05) is 0 Å². The van der Waals surface area contributed by atoms with Crippen LogP contribution < -0.4 is 11.1 Å². The van der Waals surface area contributed by atoms with Gasteiger partial charge in [0.1, 0.15) is 5.60 Å². The largest absolute Gasteiger partial charge is 0.444 e. The first-order valence-corrected chi connectivity index (χ1v) is 7.68. The molecule has 0 aliphatic carbocycles. The van der Waals surface area contributed by atoms with Crippen LogP contribution in [0.15, 0.2) is 31.9 Å². The lowest BCUT2D eigenvalue weighted by atomic mass is 10.2. The number of H-pyrrole nitrogens is 1. The monoisotopic (exact) mass is 346 g/mol. The molecule has 0 fully saturated rings. The number of fused-ring (bicyclic) bond motifs is 1. The molecule has 0 aliphatic rings. The maximum atomic E-state index is 11.8. The van der Waals surface area contributed by atoms with Crippen LogP contribution in [0.25, 0.3) is 22.6 Å². The van der Waals surface area contributed by atoms with Gasteiger partial charge in [0.05, 0.1) is 17.1 Å². The van der Waals surface area contributed by atoms with Gasteiger partial charge < -0.3 is 19.0 Å². The Hall–Kier alpha value is -3.10. The Kier molecular flexibility index (Phi) is 4.07. The van der Waals surface area contributed by atoms with Crippen LogP contribution in [-0.4, -0.2) is 26.8 Å². The third kappa shape index (κ3) is 3.70. The van der Waals surface area contributed by atoms with Crippen molar-refractivity contribution in [3.05, 3.63) is 34.6 Å². The van der Waals surface area contributed by atoms with Crippen LogP contribution in [-0.2, 0) is 4.74 Å². The number of aromatic amines is 1. The van der Waals surface area contributed by atoms with E-state index in [0.717, 1.165) is 0 Å².